The Morgan fingerprint density at radius 1 is 1.36 bits per heavy atom. The van der Waals surface area contributed by atoms with E-state index in [4.69, 9.17) is 4.74 Å². The highest BCUT2D eigenvalue weighted by Gasteiger charge is 2.29. The van der Waals surface area contributed by atoms with Crippen molar-refractivity contribution in [2.75, 3.05) is 26.2 Å². The third-order valence-electron chi connectivity index (χ3n) is 5.23. The summed E-state index contributed by atoms with van der Waals surface area (Å²) in [6, 6.07) is 7.65. The molecule has 2 heterocycles. The van der Waals surface area contributed by atoms with E-state index in [1.54, 1.807) is 4.90 Å². The predicted octanol–water partition coefficient (Wildman–Crippen LogP) is 2.25. The van der Waals surface area contributed by atoms with E-state index in [1.807, 2.05) is 24.3 Å². The van der Waals surface area contributed by atoms with Crippen molar-refractivity contribution < 1.29 is 14.3 Å². The number of carbonyl (C=O) groups is 2. The van der Waals surface area contributed by atoms with Gasteiger partial charge in [0.25, 0.3) is 5.91 Å². The molecule has 1 aromatic rings. The molecule has 5 heteroatoms. The van der Waals surface area contributed by atoms with Crippen LogP contribution in [0.4, 0.5) is 0 Å². The molecule has 1 N–H and O–H groups in total. The molecule has 2 aliphatic heterocycles. The van der Waals surface area contributed by atoms with E-state index in [0.29, 0.717) is 24.9 Å². The van der Waals surface area contributed by atoms with Crippen LogP contribution in [0.1, 0.15) is 42.6 Å². The van der Waals surface area contributed by atoms with Gasteiger partial charge in [0, 0.05) is 31.2 Å². The minimum absolute atomic E-state index is 0.0435. The number of nitrogens with zero attached hydrogens (tertiary/aromatic N) is 1. The second-order valence-electron chi connectivity index (χ2n) is 7.42. The van der Waals surface area contributed by atoms with Gasteiger partial charge in [-0.1, -0.05) is 32.0 Å². The second-order valence-corrected chi connectivity index (χ2v) is 7.42. The number of benzene rings is 1. The summed E-state index contributed by atoms with van der Waals surface area (Å²) in [5.74, 6) is 0.678. The van der Waals surface area contributed by atoms with Crippen molar-refractivity contribution in [3.05, 3.63) is 35.4 Å². The molecule has 0 radical (unpaired) electrons. The molecule has 3 rings (SSSR count). The minimum Gasteiger partial charge on any atom is -0.378 e. The Morgan fingerprint density at radius 3 is 2.96 bits per heavy atom. The molecule has 0 spiro atoms. The molecule has 5 nitrogen and oxygen atoms in total. The molecule has 25 heavy (non-hydrogen) atoms. The average Bonchev–Trinajstić information content (AvgIpc) is 2.63. The quantitative estimate of drug-likeness (QED) is 0.891. The second kappa shape index (κ2) is 8.00. The van der Waals surface area contributed by atoms with E-state index in [1.165, 1.54) is 0 Å². The van der Waals surface area contributed by atoms with Crippen molar-refractivity contribution in [2.24, 2.45) is 11.8 Å². The first-order valence-electron chi connectivity index (χ1n) is 9.31. The highest BCUT2D eigenvalue weighted by Crippen LogP contribution is 2.25. The smallest absolute Gasteiger partial charge is 0.254 e. The fourth-order valence-electron chi connectivity index (χ4n) is 3.92. The largest absolute Gasteiger partial charge is 0.378 e. The fourth-order valence-corrected chi connectivity index (χ4v) is 3.92. The van der Waals surface area contributed by atoms with Crippen LogP contribution in [0.2, 0.25) is 0 Å². The van der Waals surface area contributed by atoms with Crippen LogP contribution in [0.15, 0.2) is 24.3 Å². The summed E-state index contributed by atoms with van der Waals surface area (Å²) in [6.07, 6.45) is 3.14. The van der Waals surface area contributed by atoms with Gasteiger partial charge < -0.3 is 15.0 Å². The average molecular weight is 344 g/mol. The zero-order chi connectivity index (χ0) is 17.8. The molecular weight excluding hydrogens is 316 g/mol. The van der Waals surface area contributed by atoms with Gasteiger partial charge in [-0.3, -0.25) is 9.59 Å². The molecule has 0 aliphatic carbocycles. The highest BCUT2D eigenvalue weighted by atomic mass is 16.5. The van der Waals surface area contributed by atoms with Gasteiger partial charge >= 0.3 is 0 Å². The fraction of sp³-hybridized carbons (Fsp3) is 0.600. The zero-order valence-electron chi connectivity index (χ0n) is 15.2. The zero-order valence-corrected chi connectivity index (χ0v) is 15.2. The number of rotatable bonds is 5. The van der Waals surface area contributed by atoms with Crippen LogP contribution in [0, 0.1) is 11.8 Å². The molecule has 2 amide bonds. The van der Waals surface area contributed by atoms with Gasteiger partial charge in [0.15, 0.2) is 0 Å². The summed E-state index contributed by atoms with van der Waals surface area (Å²) < 4.78 is 5.87. The number of fused-ring (bicyclic) bond motifs is 1. The molecule has 2 aliphatic rings. The Labute approximate surface area is 149 Å². The van der Waals surface area contributed by atoms with Crippen molar-refractivity contribution in [1.29, 1.82) is 0 Å². The van der Waals surface area contributed by atoms with Crippen molar-refractivity contribution in [1.82, 2.24) is 10.2 Å². The molecule has 0 unspecified atom stereocenters. The third-order valence-corrected chi connectivity index (χ3v) is 5.23. The maximum atomic E-state index is 12.5. The molecule has 1 saturated heterocycles. The van der Waals surface area contributed by atoms with Crippen LogP contribution in [0.3, 0.4) is 0 Å². The monoisotopic (exact) mass is 344 g/mol. The molecule has 0 bridgehead atoms. The summed E-state index contributed by atoms with van der Waals surface area (Å²) in [5, 5.41) is 3.02. The van der Waals surface area contributed by atoms with Gasteiger partial charge in [-0.15, -0.1) is 0 Å². The third kappa shape index (κ3) is 4.21. The number of ether oxygens (including phenoxy) is 1. The number of carbonyl (C=O) groups excluding carboxylic acids is 2. The summed E-state index contributed by atoms with van der Waals surface area (Å²) in [7, 11) is 0. The lowest BCUT2D eigenvalue weighted by molar-refractivity contribution is -0.122. The first kappa shape index (κ1) is 17.9. The van der Waals surface area contributed by atoms with E-state index in [0.717, 1.165) is 37.0 Å². The van der Waals surface area contributed by atoms with Crippen LogP contribution in [0.5, 0.6) is 0 Å². The summed E-state index contributed by atoms with van der Waals surface area (Å²) in [6.45, 7) is 6.50. The molecular formula is C20H28N2O3. The number of hydrogen-bond donors (Lipinski definition) is 1. The topological polar surface area (TPSA) is 58.6 Å². The molecule has 1 aromatic carbocycles. The van der Waals surface area contributed by atoms with Crippen LogP contribution in [-0.2, 0) is 16.0 Å². The Morgan fingerprint density at radius 2 is 2.16 bits per heavy atom. The van der Waals surface area contributed by atoms with Crippen LogP contribution >= 0.6 is 0 Å². The lowest BCUT2D eigenvalue weighted by Gasteiger charge is -2.34. The summed E-state index contributed by atoms with van der Waals surface area (Å²) in [4.78, 5) is 26.5. The van der Waals surface area contributed by atoms with Crippen LogP contribution in [0.25, 0.3) is 0 Å². The Bertz CT molecular complexity index is 629. The standard InChI is InChI=1S/C20H28N2O3/c1-14(2)19-16(7-5-11-25-19)12-21-18(23)13-22-10-9-15-6-3-4-8-17(15)20(22)24/h3-4,6,8,14,16,19H,5,7,9-13H2,1-2H3,(H,21,23)/t16-,19+/m0/s1. The Hall–Kier alpha value is -1.88. The summed E-state index contributed by atoms with van der Waals surface area (Å²) in [5.41, 5.74) is 1.80. The predicted molar refractivity (Wildman–Crippen MR) is 96.4 cm³/mol. The summed E-state index contributed by atoms with van der Waals surface area (Å²) >= 11 is 0. The highest BCUT2D eigenvalue weighted by molar-refractivity contribution is 5.98. The first-order chi connectivity index (χ1) is 12.1. The number of amides is 2. The Balaban J connectivity index is 1.52. The van der Waals surface area contributed by atoms with Gasteiger partial charge in [-0.2, -0.15) is 0 Å². The van der Waals surface area contributed by atoms with E-state index in [2.05, 4.69) is 19.2 Å². The maximum absolute atomic E-state index is 12.5. The van der Waals surface area contributed by atoms with Crippen LogP contribution in [-0.4, -0.2) is 49.1 Å². The van der Waals surface area contributed by atoms with Crippen molar-refractivity contribution in [3.63, 3.8) is 0 Å². The van der Waals surface area contributed by atoms with Crippen molar-refractivity contribution in [2.45, 2.75) is 39.2 Å². The van der Waals surface area contributed by atoms with E-state index in [-0.39, 0.29) is 24.5 Å². The van der Waals surface area contributed by atoms with Gasteiger partial charge in [0.2, 0.25) is 5.91 Å². The van der Waals surface area contributed by atoms with Crippen molar-refractivity contribution >= 4 is 11.8 Å². The number of nitrogens with one attached hydrogen (secondary N) is 1. The maximum Gasteiger partial charge on any atom is 0.254 e. The first-order valence-corrected chi connectivity index (χ1v) is 9.31. The van der Waals surface area contributed by atoms with E-state index < -0.39 is 0 Å². The van der Waals surface area contributed by atoms with Gasteiger partial charge in [-0.25, -0.2) is 0 Å². The van der Waals surface area contributed by atoms with Gasteiger partial charge in [-0.05, 0) is 36.8 Å². The minimum atomic E-state index is -0.0826. The van der Waals surface area contributed by atoms with Gasteiger partial charge in [0.05, 0.1) is 12.6 Å². The van der Waals surface area contributed by atoms with E-state index >= 15 is 0 Å². The molecule has 136 valence electrons. The lowest BCUT2D eigenvalue weighted by atomic mass is 9.87. The molecule has 0 saturated carbocycles. The van der Waals surface area contributed by atoms with E-state index in [9.17, 15) is 9.59 Å². The number of hydrogen-bond acceptors (Lipinski definition) is 3. The van der Waals surface area contributed by atoms with Gasteiger partial charge in [0.1, 0.15) is 0 Å². The van der Waals surface area contributed by atoms with Crippen molar-refractivity contribution in [3.8, 4) is 0 Å². The van der Waals surface area contributed by atoms with Crippen LogP contribution < -0.4 is 5.32 Å². The SMILES string of the molecule is CC(C)[C@H]1OCCC[C@H]1CNC(=O)CN1CCc2ccccc2C1=O. The Kier molecular flexibility index (Phi) is 5.74. The lowest BCUT2D eigenvalue weighted by Crippen LogP contribution is -2.47. The normalized spacial score (nSPS) is 23.5. The molecule has 1 fully saturated rings. The molecule has 2 atom stereocenters. The molecule has 0 aromatic heterocycles.